The van der Waals surface area contributed by atoms with Gasteiger partial charge in [-0.25, -0.2) is 4.79 Å². The number of hydrogen-bond donors (Lipinski definition) is 2. The van der Waals surface area contributed by atoms with E-state index in [4.69, 9.17) is 11.6 Å². The Balaban J connectivity index is 1.61. The standard InChI is InChI=1S/C15H20ClN3O/c16-12-2-1-3-13(10-12)18-14(20)19-9-6-15(11-19)4-7-17-8-5-15/h1-3,10,17H,4-9,11H2,(H,18,20). The van der Waals surface area contributed by atoms with Crippen LogP contribution in [-0.4, -0.2) is 37.1 Å². The van der Waals surface area contributed by atoms with Gasteiger partial charge in [-0.05, 0) is 56.0 Å². The molecule has 0 bridgehead atoms. The first-order valence-corrected chi connectivity index (χ1v) is 7.57. The Hall–Kier alpha value is -1.26. The number of benzene rings is 1. The van der Waals surface area contributed by atoms with Crippen LogP contribution in [0.1, 0.15) is 19.3 Å². The monoisotopic (exact) mass is 293 g/mol. The summed E-state index contributed by atoms with van der Waals surface area (Å²) in [5, 5.41) is 6.96. The van der Waals surface area contributed by atoms with Crippen LogP contribution in [0.5, 0.6) is 0 Å². The molecule has 2 heterocycles. The number of piperidine rings is 1. The molecule has 0 radical (unpaired) electrons. The summed E-state index contributed by atoms with van der Waals surface area (Å²) in [7, 11) is 0. The van der Waals surface area contributed by atoms with Crippen molar-refractivity contribution in [3.05, 3.63) is 29.3 Å². The first-order chi connectivity index (χ1) is 9.67. The van der Waals surface area contributed by atoms with Gasteiger partial charge in [0.1, 0.15) is 0 Å². The highest BCUT2D eigenvalue weighted by Gasteiger charge is 2.40. The molecular weight excluding hydrogens is 274 g/mol. The van der Waals surface area contributed by atoms with Crippen LogP contribution < -0.4 is 10.6 Å². The SMILES string of the molecule is O=C(Nc1cccc(Cl)c1)N1CCC2(CCNCC2)C1. The predicted octanol–water partition coefficient (Wildman–Crippen LogP) is 2.95. The van der Waals surface area contributed by atoms with Crippen molar-refractivity contribution in [3.8, 4) is 0 Å². The fourth-order valence-electron chi connectivity index (χ4n) is 3.24. The number of hydrogen-bond acceptors (Lipinski definition) is 2. The zero-order valence-electron chi connectivity index (χ0n) is 11.5. The van der Waals surface area contributed by atoms with Gasteiger partial charge in [0.2, 0.25) is 0 Å². The summed E-state index contributed by atoms with van der Waals surface area (Å²) in [5.41, 5.74) is 1.10. The van der Waals surface area contributed by atoms with Crippen molar-refractivity contribution >= 4 is 23.3 Å². The minimum Gasteiger partial charge on any atom is -0.324 e. The summed E-state index contributed by atoms with van der Waals surface area (Å²) in [4.78, 5) is 14.2. The van der Waals surface area contributed by atoms with E-state index in [-0.39, 0.29) is 6.03 Å². The van der Waals surface area contributed by atoms with Crippen LogP contribution in [0.4, 0.5) is 10.5 Å². The Morgan fingerprint density at radius 2 is 2.10 bits per heavy atom. The molecule has 4 nitrogen and oxygen atoms in total. The summed E-state index contributed by atoms with van der Waals surface area (Å²) in [5.74, 6) is 0. The highest BCUT2D eigenvalue weighted by molar-refractivity contribution is 6.30. The Kier molecular flexibility index (Phi) is 3.85. The topological polar surface area (TPSA) is 44.4 Å². The Labute approximate surface area is 124 Å². The van der Waals surface area contributed by atoms with Gasteiger partial charge in [0.15, 0.2) is 0 Å². The highest BCUT2D eigenvalue weighted by Crippen LogP contribution is 2.38. The molecule has 2 N–H and O–H groups in total. The second-order valence-electron chi connectivity index (χ2n) is 5.86. The average molecular weight is 294 g/mol. The lowest BCUT2D eigenvalue weighted by molar-refractivity contribution is 0.191. The van der Waals surface area contributed by atoms with E-state index in [0.29, 0.717) is 10.4 Å². The second-order valence-corrected chi connectivity index (χ2v) is 6.30. The summed E-state index contributed by atoms with van der Waals surface area (Å²) >= 11 is 5.93. The number of carbonyl (C=O) groups excluding carboxylic acids is 1. The molecule has 1 spiro atoms. The van der Waals surface area contributed by atoms with Gasteiger partial charge in [-0.2, -0.15) is 0 Å². The van der Waals surface area contributed by atoms with Gasteiger partial charge in [0.05, 0.1) is 0 Å². The number of likely N-dealkylation sites (tertiary alicyclic amines) is 1. The van der Waals surface area contributed by atoms with Crippen LogP contribution in [0, 0.1) is 5.41 Å². The van der Waals surface area contributed by atoms with E-state index in [9.17, 15) is 4.79 Å². The molecule has 2 fully saturated rings. The number of anilines is 1. The van der Waals surface area contributed by atoms with Crippen LogP contribution in [0.3, 0.4) is 0 Å². The molecule has 1 aromatic carbocycles. The highest BCUT2D eigenvalue weighted by atomic mass is 35.5. The third-order valence-corrected chi connectivity index (χ3v) is 4.70. The first-order valence-electron chi connectivity index (χ1n) is 7.19. The maximum Gasteiger partial charge on any atom is 0.321 e. The molecule has 1 aromatic rings. The molecule has 2 aliphatic heterocycles. The van der Waals surface area contributed by atoms with E-state index in [0.717, 1.165) is 38.3 Å². The van der Waals surface area contributed by atoms with Crippen molar-refractivity contribution in [2.75, 3.05) is 31.5 Å². The van der Waals surface area contributed by atoms with Gasteiger partial charge in [0, 0.05) is 23.8 Å². The van der Waals surface area contributed by atoms with Gasteiger partial charge in [-0.3, -0.25) is 0 Å². The third-order valence-electron chi connectivity index (χ3n) is 4.47. The summed E-state index contributed by atoms with van der Waals surface area (Å²) in [6.07, 6.45) is 3.47. The fraction of sp³-hybridized carbons (Fsp3) is 0.533. The molecule has 20 heavy (non-hydrogen) atoms. The summed E-state index contributed by atoms with van der Waals surface area (Å²) < 4.78 is 0. The summed E-state index contributed by atoms with van der Waals surface area (Å²) in [6.45, 7) is 3.88. The predicted molar refractivity (Wildman–Crippen MR) is 81.2 cm³/mol. The van der Waals surface area contributed by atoms with E-state index in [1.165, 1.54) is 12.8 Å². The smallest absolute Gasteiger partial charge is 0.321 e. The van der Waals surface area contributed by atoms with Crippen molar-refractivity contribution in [2.24, 2.45) is 5.41 Å². The number of rotatable bonds is 1. The number of carbonyl (C=O) groups is 1. The zero-order chi connectivity index (χ0) is 14.0. The Morgan fingerprint density at radius 3 is 2.85 bits per heavy atom. The molecule has 5 heteroatoms. The Morgan fingerprint density at radius 1 is 1.30 bits per heavy atom. The van der Waals surface area contributed by atoms with E-state index in [2.05, 4.69) is 10.6 Å². The maximum atomic E-state index is 12.3. The quantitative estimate of drug-likeness (QED) is 0.836. The lowest BCUT2D eigenvalue weighted by atomic mass is 9.78. The van der Waals surface area contributed by atoms with Gasteiger partial charge in [-0.15, -0.1) is 0 Å². The summed E-state index contributed by atoms with van der Waals surface area (Å²) in [6, 6.07) is 7.27. The molecule has 0 saturated carbocycles. The number of halogens is 1. The number of urea groups is 1. The molecule has 3 rings (SSSR count). The first kappa shape index (κ1) is 13.7. The van der Waals surface area contributed by atoms with Crippen molar-refractivity contribution in [1.29, 1.82) is 0 Å². The molecule has 0 aromatic heterocycles. The third kappa shape index (κ3) is 2.91. The van der Waals surface area contributed by atoms with Crippen molar-refractivity contribution in [3.63, 3.8) is 0 Å². The molecule has 0 atom stereocenters. The van der Waals surface area contributed by atoms with Gasteiger partial charge < -0.3 is 15.5 Å². The van der Waals surface area contributed by atoms with E-state index < -0.39 is 0 Å². The van der Waals surface area contributed by atoms with Crippen LogP contribution in [-0.2, 0) is 0 Å². The van der Waals surface area contributed by atoms with Crippen molar-refractivity contribution in [1.82, 2.24) is 10.2 Å². The molecule has 2 amide bonds. The van der Waals surface area contributed by atoms with Gasteiger partial charge in [-0.1, -0.05) is 17.7 Å². The Bertz CT molecular complexity index is 500. The zero-order valence-corrected chi connectivity index (χ0v) is 12.2. The molecule has 108 valence electrons. The normalized spacial score (nSPS) is 21.1. The van der Waals surface area contributed by atoms with Crippen LogP contribution >= 0.6 is 11.6 Å². The van der Waals surface area contributed by atoms with Crippen LogP contribution in [0.15, 0.2) is 24.3 Å². The minimum absolute atomic E-state index is 0.0114. The molecular formula is C15H20ClN3O. The number of amides is 2. The van der Waals surface area contributed by atoms with E-state index >= 15 is 0 Å². The lowest BCUT2D eigenvalue weighted by Crippen LogP contribution is -2.40. The van der Waals surface area contributed by atoms with Crippen molar-refractivity contribution < 1.29 is 4.79 Å². The largest absolute Gasteiger partial charge is 0.324 e. The fourth-order valence-corrected chi connectivity index (χ4v) is 3.43. The molecule has 0 unspecified atom stereocenters. The van der Waals surface area contributed by atoms with Gasteiger partial charge >= 0.3 is 6.03 Å². The van der Waals surface area contributed by atoms with Gasteiger partial charge in [0.25, 0.3) is 0 Å². The van der Waals surface area contributed by atoms with Crippen LogP contribution in [0.2, 0.25) is 5.02 Å². The van der Waals surface area contributed by atoms with E-state index in [1.807, 2.05) is 17.0 Å². The molecule has 2 aliphatic rings. The van der Waals surface area contributed by atoms with Crippen molar-refractivity contribution in [2.45, 2.75) is 19.3 Å². The molecule has 2 saturated heterocycles. The number of nitrogens with zero attached hydrogens (tertiary/aromatic N) is 1. The molecule has 0 aliphatic carbocycles. The second kappa shape index (κ2) is 5.62. The average Bonchev–Trinajstić information content (AvgIpc) is 2.83. The minimum atomic E-state index is -0.0114. The maximum absolute atomic E-state index is 12.3. The number of nitrogens with one attached hydrogen (secondary N) is 2. The lowest BCUT2D eigenvalue weighted by Gasteiger charge is -2.33. The van der Waals surface area contributed by atoms with Crippen LogP contribution in [0.25, 0.3) is 0 Å². The van der Waals surface area contributed by atoms with E-state index in [1.54, 1.807) is 12.1 Å².